The first kappa shape index (κ1) is 14.5. The fourth-order valence-corrected chi connectivity index (χ4v) is 4.35. The van der Waals surface area contributed by atoms with E-state index in [-0.39, 0.29) is 6.04 Å². The molecule has 0 saturated carbocycles. The smallest absolute Gasteiger partial charge is 0.0675 e. The molecule has 0 fully saturated rings. The van der Waals surface area contributed by atoms with Crippen molar-refractivity contribution in [3.05, 3.63) is 80.2 Å². The van der Waals surface area contributed by atoms with Gasteiger partial charge in [-0.2, -0.15) is 0 Å². The molecule has 2 atom stereocenters. The Hall–Kier alpha value is -1.42. The molecular formula is C18H19NS2. The molecule has 0 aliphatic heterocycles. The van der Waals surface area contributed by atoms with Gasteiger partial charge in [0.05, 0.1) is 6.04 Å². The molecule has 0 saturated heterocycles. The van der Waals surface area contributed by atoms with Crippen LogP contribution in [-0.2, 0) is 0 Å². The molecule has 0 amide bonds. The first-order chi connectivity index (χ1) is 10.3. The maximum atomic E-state index is 3.80. The Bertz CT molecular complexity index is 670. The van der Waals surface area contributed by atoms with Gasteiger partial charge in [-0.3, -0.25) is 5.32 Å². The second kappa shape index (κ2) is 6.56. The minimum absolute atomic E-state index is 0.252. The van der Waals surface area contributed by atoms with Crippen molar-refractivity contribution >= 4 is 22.7 Å². The Morgan fingerprint density at radius 1 is 0.905 bits per heavy atom. The highest BCUT2D eigenvalue weighted by molar-refractivity contribution is 7.10. The zero-order valence-corrected chi connectivity index (χ0v) is 13.9. The maximum Gasteiger partial charge on any atom is 0.0675 e. The molecule has 21 heavy (non-hydrogen) atoms. The average molecular weight is 313 g/mol. The molecule has 2 unspecified atom stereocenters. The zero-order chi connectivity index (χ0) is 14.7. The third kappa shape index (κ3) is 3.26. The van der Waals surface area contributed by atoms with Gasteiger partial charge in [-0.15, -0.1) is 22.7 Å². The SMILES string of the molecule is Cc1ccsc1C(C)NC(c1ccccc1)c1cccs1. The van der Waals surface area contributed by atoms with Crippen LogP contribution in [0.2, 0.25) is 0 Å². The highest BCUT2D eigenvalue weighted by Crippen LogP contribution is 2.31. The van der Waals surface area contributed by atoms with Crippen molar-refractivity contribution in [2.45, 2.75) is 25.9 Å². The Labute approximate surface area is 134 Å². The molecule has 2 heterocycles. The lowest BCUT2D eigenvalue weighted by atomic mass is 10.0. The van der Waals surface area contributed by atoms with Crippen molar-refractivity contribution in [2.75, 3.05) is 0 Å². The minimum atomic E-state index is 0.252. The molecule has 0 aliphatic carbocycles. The van der Waals surface area contributed by atoms with E-state index in [0.717, 1.165) is 0 Å². The lowest BCUT2D eigenvalue weighted by molar-refractivity contribution is 0.526. The number of thiophene rings is 2. The summed E-state index contributed by atoms with van der Waals surface area (Å²) in [7, 11) is 0. The molecule has 1 nitrogen and oxygen atoms in total. The van der Waals surface area contributed by atoms with E-state index in [1.54, 1.807) is 0 Å². The monoisotopic (exact) mass is 313 g/mol. The number of hydrogen-bond acceptors (Lipinski definition) is 3. The number of nitrogens with one attached hydrogen (secondary N) is 1. The number of aryl methyl sites for hydroxylation is 1. The van der Waals surface area contributed by atoms with E-state index in [1.165, 1.54) is 20.9 Å². The van der Waals surface area contributed by atoms with Crippen LogP contribution in [0.25, 0.3) is 0 Å². The molecule has 108 valence electrons. The fraction of sp³-hybridized carbons (Fsp3) is 0.222. The highest BCUT2D eigenvalue weighted by Gasteiger charge is 2.19. The Morgan fingerprint density at radius 3 is 2.33 bits per heavy atom. The van der Waals surface area contributed by atoms with E-state index in [1.807, 2.05) is 22.7 Å². The van der Waals surface area contributed by atoms with Gasteiger partial charge < -0.3 is 0 Å². The summed E-state index contributed by atoms with van der Waals surface area (Å²) in [4.78, 5) is 2.79. The highest BCUT2D eigenvalue weighted by atomic mass is 32.1. The van der Waals surface area contributed by atoms with Crippen LogP contribution in [0, 0.1) is 6.92 Å². The zero-order valence-electron chi connectivity index (χ0n) is 12.2. The molecule has 0 spiro atoms. The largest absolute Gasteiger partial charge is 0.298 e. The van der Waals surface area contributed by atoms with Crippen LogP contribution in [0.5, 0.6) is 0 Å². The van der Waals surface area contributed by atoms with Crippen molar-refractivity contribution in [1.29, 1.82) is 0 Å². The summed E-state index contributed by atoms with van der Waals surface area (Å²) in [6.45, 7) is 4.44. The van der Waals surface area contributed by atoms with E-state index in [2.05, 4.69) is 78.5 Å². The van der Waals surface area contributed by atoms with Gasteiger partial charge >= 0.3 is 0 Å². The molecule has 3 heteroatoms. The van der Waals surface area contributed by atoms with Gasteiger partial charge in [-0.25, -0.2) is 0 Å². The average Bonchev–Trinajstić information content (AvgIpc) is 3.17. The molecule has 1 N–H and O–H groups in total. The third-order valence-corrected chi connectivity index (χ3v) is 5.81. The lowest BCUT2D eigenvalue weighted by Gasteiger charge is -2.23. The molecule has 3 rings (SSSR count). The summed E-state index contributed by atoms with van der Waals surface area (Å²) >= 11 is 3.64. The van der Waals surface area contributed by atoms with Gasteiger partial charge in [-0.05, 0) is 47.9 Å². The molecule has 0 bridgehead atoms. The topological polar surface area (TPSA) is 12.0 Å². The summed E-state index contributed by atoms with van der Waals surface area (Å²) in [6, 6.07) is 17.8. The maximum absolute atomic E-state index is 3.80. The summed E-state index contributed by atoms with van der Waals surface area (Å²) in [5, 5.41) is 8.12. The van der Waals surface area contributed by atoms with Gasteiger partial charge in [0.15, 0.2) is 0 Å². The van der Waals surface area contributed by atoms with Gasteiger partial charge in [0.1, 0.15) is 0 Å². The van der Waals surface area contributed by atoms with Crippen molar-refractivity contribution in [2.24, 2.45) is 0 Å². The molecule has 3 aromatic rings. The standard InChI is InChI=1S/C18H19NS2/c1-13-10-12-21-18(13)14(2)19-17(16-9-6-11-20-16)15-7-4-3-5-8-15/h3-12,14,17,19H,1-2H3. The van der Waals surface area contributed by atoms with E-state index in [9.17, 15) is 0 Å². The second-order valence-electron chi connectivity index (χ2n) is 5.22. The minimum Gasteiger partial charge on any atom is -0.298 e. The quantitative estimate of drug-likeness (QED) is 0.650. The molecular weight excluding hydrogens is 294 g/mol. The first-order valence-corrected chi connectivity index (χ1v) is 8.90. The predicted octanol–water partition coefficient (Wildman–Crippen LogP) is 5.56. The molecule has 0 aliphatic rings. The fourth-order valence-electron chi connectivity index (χ4n) is 2.60. The van der Waals surface area contributed by atoms with Gasteiger partial charge in [0, 0.05) is 15.8 Å². The predicted molar refractivity (Wildman–Crippen MR) is 93.2 cm³/mol. The van der Waals surface area contributed by atoms with Gasteiger partial charge in [0.2, 0.25) is 0 Å². The van der Waals surface area contributed by atoms with Crippen molar-refractivity contribution in [3.8, 4) is 0 Å². The van der Waals surface area contributed by atoms with Crippen molar-refractivity contribution in [3.63, 3.8) is 0 Å². The van der Waals surface area contributed by atoms with Gasteiger partial charge in [-0.1, -0.05) is 36.4 Å². The molecule has 1 aromatic carbocycles. The van der Waals surface area contributed by atoms with E-state index >= 15 is 0 Å². The lowest BCUT2D eigenvalue weighted by Crippen LogP contribution is -2.24. The van der Waals surface area contributed by atoms with Crippen LogP contribution in [0.1, 0.15) is 39.9 Å². The van der Waals surface area contributed by atoms with E-state index < -0.39 is 0 Å². The summed E-state index contributed by atoms with van der Waals surface area (Å²) in [5.74, 6) is 0. The normalized spacial score (nSPS) is 14.0. The molecule has 0 radical (unpaired) electrons. The molecule has 2 aromatic heterocycles. The first-order valence-electron chi connectivity index (χ1n) is 7.14. The number of rotatable bonds is 5. The Morgan fingerprint density at radius 2 is 1.71 bits per heavy atom. The van der Waals surface area contributed by atoms with Crippen LogP contribution in [-0.4, -0.2) is 0 Å². The van der Waals surface area contributed by atoms with Crippen LogP contribution in [0.4, 0.5) is 0 Å². The van der Waals surface area contributed by atoms with Crippen molar-refractivity contribution in [1.82, 2.24) is 5.32 Å². The third-order valence-electron chi connectivity index (χ3n) is 3.67. The van der Waals surface area contributed by atoms with Crippen LogP contribution < -0.4 is 5.32 Å². The van der Waals surface area contributed by atoms with Crippen LogP contribution in [0.15, 0.2) is 59.3 Å². The second-order valence-corrected chi connectivity index (χ2v) is 7.14. The number of hydrogen-bond donors (Lipinski definition) is 1. The van der Waals surface area contributed by atoms with E-state index in [0.29, 0.717) is 6.04 Å². The van der Waals surface area contributed by atoms with Crippen LogP contribution >= 0.6 is 22.7 Å². The van der Waals surface area contributed by atoms with E-state index in [4.69, 9.17) is 0 Å². The summed E-state index contributed by atoms with van der Waals surface area (Å²) in [5.41, 5.74) is 2.69. The summed E-state index contributed by atoms with van der Waals surface area (Å²) < 4.78 is 0. The van der Waals surface area contributed by atoms with Gasteiger partial charge in [0.25, 0.3) is 0 Å². The van der Waals surface area contributed by atoms with Crippen LogP contribution in [0.3, 0.4) is 0 Å². The number of benzene rings is 1. The van der Waals surface area contributed by atoms with Crippen molar-refractivity contribution < 1.29 is 0 Å². The Balaban J connectivity index is 1.89. The summed E-state index contributed by atoms with van der Waals surface area (Å²) in [6.07, 6.45) is 0. The Kier molecular flexibility index (Phi) is 4.54.